The van der Waals surface area contributed by atoms with Crippen molar-refractivity contribution in [2.45, 2.75) is 31.8 Å². The summed E-state index contributed by atoms with van der Waals surface area (Å²) < 4.78 is 6.77. The maximum absolute atomic E-state index is 13.1. The molecule has 0 bridgehead atoms. The summed E-state index contributed by atoms with van der Waals surface area (Å²) in [6.45, 7) is 1.02. The fourth-order valence-electron chi connectivity index (χ4n) is 4.11. The predicted molar refractivity (Wildman–Crippen MR) is 114 cm³/mol. The molecule has 4 heterocycles. The molecule has 1 aromatic carbocycles. The number of carbonyl (C=O) groups is 1. The van der Waals surface area contributed by atoms with Gasteiger partial charge >= 0.3 is 0 Å². The molecular formula is C23H21N5O3. The van der Waals surface area contributed by atoms with Crippen molar-refractivity contribution in [1.82, 2.24) is 24.8 Å². The van der Waals surface area contributed by atoms with Crippen molar-refractivity contribution in [2.24, 2.45) is 0 Å². The molecule has 1 aliphatic heterocycles. The third-order valence-electron chi connectivity index (χ3n) is 5.68. The Balaban J connectivity index is 1.35. The van der Waals surface area contributed by atoms with Crippen LogP contribution in [0.3, 0.4) is 0 Å². The summed E-state index contributed by atoms with van der Waals surface area (Å²) in [4.78, 5) is 31.4. The highest BCUT2D eigenvalue weighted by Gasteiger charge is 2.30. The van der Waals surface area contributed by atoms with Gasteiger partial charge in [0.25, 0.3) is 5.56 Å². The van der Waals surface area contributed by atoms with Gasteiger partial charge in [-0.3, -0.25) is 14.6 Å². The molecule has 1 aliphatic rings. The van der Waals surface area contributed by atoms with E-state index in [4.69, 9.17) is 4.52 Å². The van der Waals surface area contributed by atoms with Crippen LogP contribution >= 0.6 is 0 Å². The number of nitrogens with zero attached hydrogens (tertiary/aromatic N) is 5. The van der Waals surface area contributed by atoms with Crippen LogP contribution in [0.1, 0.15) is 18.5 Å². The molecule has 8 heteroatoms. The number of fused-ring (bicyclic) bond motifs is 1. The number of benzene rings is 1. The van der Waals surface area contributed by atoms with E-state index >= 15 is 0 Å². The summed E-state index contributed by atoms with van der Waals surface area (Å²) >= 11 is 0. The summed E-state index contributed by atoms with van der Waals surface area (Å²) in [5, 5.41) is 9.45. The van der Waals surface area contributed by atoms with Crippen molar-refractivity contribution < 1.29 is 9.32 Å². The molecule has 0 aliphatic carbocycles. The molecule has 0 N–H and O–H groups in total. The van der Waals surface area contributed by atoms with Crippen LogP contribution in [0, 0.1) is 0 Å². The van der Waals surface area contributed by atoms with Crippen LogP contribution in [0.2, 0.25) is 0 Å². The number of hydrogen-bond donors (Lipinski definition) is 0. The number of pyridine rings is 1. The first-order valence-corrected chi connectivity index (χ1v) is 10.3. The highest BCUT2D eigenvalue weighted by molar-refractivity contribution is 5.86. The zero-order valence-corrected chi connectivity index (χ0v) is 16.8. The van der Waals surface area contributed by atoms with Gasteiger partial charge in [-0.25, -0.2) is 4.68 Å². The lowest BCUT2D eigenvalue weighted by atomic mass is 10.1. The lowest BCUT2D eigenvalue weighted by Crippen LogP contribution is -2.41. The van der Waals surface area contributed by atoms with Gasteiger partial charge < -0.3 is 9.42 Å². The van der Waals surface area contributed by atoms with Crippen LogP contribution in [0.15, 0.2) is 70.2 Å². The number of carbonyl (C=O) groups excluding carboxylic acids is 1. The second-order valence-electron chi connectivity index (χ2n) is 7.67. The number of para-hydroxylation sites is 1. The van der Waals surface area contributed by atoms with Crippen molar-refractivity contribution in [3.63, 3.8) is 0 Å². The molecule has 3 aromatic heterocycles. The van der Waals surface area contributed by atoms with E-state index in [0.29, 0.717) is 30.1 Å². The van der Waals surface area contributed by atoms with Crippen LogP contribution in [-0.4, -0.2) is 43.3 Å². The smallest absolute Gasteiger partial charge is 0.266 e. The Kier molecular flexibility index (Phi) is 5.03. The van der Waals surface area contributed by atoms with E-state index in [1.54, 1.807) is 18.5 Å². The van der Waals surface area contributed by atoms with E-state index in [9.17, 15) is 9.59 Å². The lowest BCUT2D eigenvalue weighted by molar-refractivity contribution is -0.131. The number of rotatable bonds is 5. The summed E-state index contributed by atoms with van der Waals surface area (Å²) in [7, 11) is 0. The molecule has 31 heavy (non-hydrogen) atoms. The first-order valence-electron chi connectivity index (χ1n) is 10.3. The Morgan fingerprint density at radius 3 is 2.90 bits per heavy atom. The zero-order valence-electron chi connectivity index (χ0n) is 16.8. The van der Waals surface area contributed by atoms with Crippen LogP contribution in [-0.2, 0) is 17.8 Å². The zero-order chi connectivity index (χ0) is 21.2. The van der Waals surface area contributed by atoms with E-state index in [1.165, 1.54) is 10.7 Å². The largest absolute Gasteiger partial charge is 0.356 e. The Morgan fingerprint density at radius 2 is 2.03 bits per heavy atom. The highest BCUT2D eigenvalue weighted by atomic mass is 16.5. The molecule has 5 rings (SSSR count). The molecule has 0 radical (unpaired) electrons. The first-order chi connectivity index (χ1) is 15.2. The summed E-state index contributed by atoms with van der Waals surface area (Å²) in [5.74, 6) is -0.0157. The van der Waals surface area contributed by atoms with E-state index in [0.717, 1.165) is 23.8 Å². The molecule has 0 spiro atoms. The van der Waals surface area contributed by atoms with Crippen LogP contribution < -0.4 is 5.56 Å². The number of likely N-dealkylation sites (tertiary alicyclic amines) is 1. The fourth-order valence-corrected chi connectivity index (χ4v) is 4.11. The monoisotopic (exact) mass is 415 g/mol. The highest BCUT2D eigenvalue weighted by Crippen LogP contribution is 2.23. The van der Waals surface area contributed by atoms with Crippen molar-refractivity contribution in [2.75, 3.05) is 6.54 Å². The summed E-state index contributed by atoms with van der Waals surface area (Å²) in [5.41, 5.74) is 2.65. The van der Waals surface area contributed by atoms with Crippen molar-refractivity contribution in [1.29, 1.82) is 0 Å². The quantitative estimate of drug-likeness (QED) is 0.497. The third-order valence-corrected chi connectivity index (χ3v) is 5.68. The van der Waals surface area contributed by atoms with Gasteiger partial charge in [0, 0.05) is 36.0 Å². The van der Waals surface area contributed by atoms with Gasteiger partial charge in [0.1, 0.15) is 5.69 Å². The molecule has 8 nitrogen and oxygen atoms in total. The summed E-state index contributed by atoms with van der Waals surface area (Å²) in [6.07, 6.45) is 5.31. The minimum absolute atomic E-state index is 0.0157. The normalized spacial score (nSPS) is 16.1. The van der Waals surface area contributed by atoms with Gasteiger partial charge in [0.15, 0.2) is 5.58 Å². The van der Waals surface area contributed by atoms with Crippen LogP contribution in [0.4, 0.5) is 0 Å². The number of amides is 1. The van der Waals surface area contributed by atoms with Gasteiger partial charge in [0.2, 0.25) is 5.91 Å². The summed E-state index contributed by atoms with van der Waals surface area (Å²) in [6, 6.07) is 14.4. The van der Waals surface area contributed by atoms with Gasteiger partial charge in [-0.2, -0.15) is 5.10 Å². The molecule has 156 valence electrons. The molecule has 1 atom stereocenters. The van der Waals surface area contributed by atoms with Crippen molar-refractivity contribution in [3.8, 4) is 11.3 Å². The Labute approximate surface area is 178 Å². The van der Waals surface area contributed by atoms with Gasteiger partial charge in [-0.1, -0.05) is 17.3 Å². The van der Waals surface area contributed by atoms with Crippen molar-refractivity contribution in [3.05, 3.63) is 77.0 Å². The molecular weight excluding hydrogens is 394 g/mol. The van der Waals surface area contributed by atoms with Crippen LogP contribution in [0.25, 0.3) is 22.2 Å². The van der Waals surface area contributed by atoms with Gasteiger partial charge in [-0.05, 0) is 43.2 Å². The standard InChI is InChI=1S/C23H21N5O3/c29-22-10-9-19(16-5-3-11-24-14-16)25-28(22)15-17-6-4-12-27(17)23(30)13-20-18-7-1-2-8-21(18)31-26-20/h1-3,5,7-11,14,17H,4,6,12-13,15H2. The lowest BCUT2D eigenvalue weighted by Gasteiger charge is -2.25. The van der Waals surface area contributed by atoms with Crippen LogP contribution in [0.5, 0.6) is 0 Å². The Bertz CT molecular complexity index is 1280. The second-order valence-corrected chi connectivity index (χ2v) is 7.67. The van der Waals surface area contributed by atoms with E-state index in [1.807, 2.05) is 41.3 Å². The second kappa shape index (κ2) is 8.14. The maximum atomic E-state index is 13.1. The number of hydrogen-bond acceptors (Lipinski definition) is 6. The fraction of sp³-hybridized carbons (Fsp3) is 0.261. The Morgan fingerprint density at radius 1 is 1.13 bits per heavy atom. The molecule has 1 amide bonds. The number of aromatic nitrogens is 4. The van der Waals surface area contributed by atoms with E-state index in [-0.39, 0.29) is 23.9 Å². The third kappa shape index (κ3) is 3.84. The Hall–Kier alpha value is -3.81. The SMILES string of the molecule is O=C(Cc1noc2ccccc12)N1CCCC1Cn1nc(-c2cccnc2)ccc1=O. The predicted octanol–water partition coefficient (Wildman–Crippen LogP) is 2.68. The molecule has 1 unspecified atom stereocenters. The van der Waals surface area contributed by atoms with Gasteiger partial charge in [-0.15, -0.1) is 0 Å². The minimum atomic E-state index is -0.186. The topological polar surface area (TPSA) is 94.1 Å². The average Bonchev–Trinajstić information content (AvgIpc) is 3.43. The molecule has 4 aromatic rings. The minimum Gasteiger partial charge on any atom is -0.356 e. The van der Waals surface area contributed by atoms with Crippen molar-refractivity contribution >= 4 is 16.9 Å². The first kappa shape index (κ1) is 19.2. The average molecular weight is 415 g/mol. The molecule has 1 saturated heterocycles. The van der Waals surface area contributed by atoms with Gasteiger partial charge in [0.05, 0.1) is 24.7 Å². The molecule has 1 fully saturated rings. The molecule has 0 saturated carbocycles. The van der Waals surface area contributed by atoms with E-state index in [2.05, 4.69) is 15.2 Å². The van der Waals surface area contributed by atoms with E-state index < -0.39 is 0 Å². The maximum Gasteiger partial charge on any atom is 0.266 e.